The van der Waals surface area contributed by atoms with Crippen LogP contribution in [0.25, 0.3) is 44.1 Å². The minimum atomic E-state index is -1.49. The second-order valence-corrected chi connectivity index (χ2v) is 8.10. The summed E-state index contributed by atoms with van der Waals surface area (Å²) in [6.45, 7) is 5.73. The molecule has 0 fully saturated rings. The Balaban J connectivity index is 1.76. The van der Waals surface area contributed by atoms with Crippen LogP contribution in [0.15, 0.2) is 71.4 Å². The zero-order chi connectivity index (χ0) is 21.1. The van der Waals surface area contributed by atoms with E-state index in [2.05, 4.69) is 9.97 Å². The normalized spacial score (nSPS) is 13.8. The Bertz CT molecular complexity index is 1410. The summed E-state index contributed by atoms with van der Waals surface area (Å²) in [5.74, 6) is 0. The first-order valence-electron chi connectivity index (χ1n) is 10.4. The van der Waals surface area contributed by atoms with Crippen LogP contribution >= 0.6 is 0 Å². The number of para-hydroxylation sites is 1. The van der Waals surface area contributed by atoms with Gasteiger partial charge in [-0.2, -0.15) is 0 Å². The van der Waals surface area contributed by atoms with Crippen molar-refractivity contribution in [2.45, 2.75) is 27.1 Å². The molecule has 0 unspecified atom stereocenters. The molecule has 2 aromatic carbocycles. The Morgan fingerprint density at radius 3 is 2.54 bits per heavy atom. The van der Waals surface area contributed by atoms with Gasteiger partial charge in [-0.15, -0.1) is 0 Å². The summed E-state index contributed by atoms with van der Waals surface area (Å²) < 4.78 is 23.6. The fourth-order valence-electron chi connectivity index (χ4n) is 3.70. The first-order chi connectivity index (χ1) is 14.3. The van der Waals surface area contributed by atoms with E-state index in [1.165, 1.54) is 0 Å². The van der Waals surface area contributed by atoms with Crippen LogP contribution in [0.2, 0.25) is 0 Å². The summed E-state index contributed by atoms with van der Waals surface area (Å²) >= 11 is 0. The Morgan fingerprint density at radius 1 is 0.857 bits per heavy atom. The first kappa shape index (κ1) is 14.8. The molecule has 0 bridgehead atoms. The van der Waals surface area contributed by atoms with Crippen LogP contribution in [-0.4, -0.2) is 9.97 Å². The van der Waals surface area contributed by atoms with Gasteiger partial charge in [-0.1, -0.05) is 32.9 Å². The smallest absolute Gasteiger partial charge is 0.144 e. The maximum absolute atomic E-state index is 8.63. The largest absolute Gasteiger partial charge is 0.455 e. The molecule has 0 spiro atoms. The van der Waals surface area contributed by atoms with Crippen molar-refractivity contribution < 1.29 is 7.16 Å². The van der Waals surface area contributed by atoms with Crippen LogP contribution in [-0.2, 0) is 6.37 Å². The lowest BCUT2D eigenvalue weighted by atomic mass is 9.88. The molecule has 0 aliphatic carbocycles. The molecule has 0 amide bonds. The van der Waals surface area contributed by atoms with E-state index in [-0.39, 0.29) is 0 Å². The molecule has 5 rings (SSSR count). The van der Waals surface area contributed by atoms with Gasteiger partial charge in [0, 0.05) is 36.9 Å². The van der Waals surface area contributed by atoms with Gasteiger partial charge in [0.1, 0.15) is 11.2 Å². The number of aromatic nitrogens is 2. The van der Waals surface area contributed by atoms with Gasteiger partial charge in [0.25, 0.3) is 0 Å². The molecule has 5 aromatic rings. The molecule has 138 valence electrons. The summed E-state index contributed by atoms with van der Waals surface area (Å²) in [6.07, 6.45) is 1.96. The molecule has 3 heterocycles. The van der Waals surface area contributed by atoms with Crippen molar-refractivity contribution in [3.05, 3.63) is 72.6 Å². The Morgan fingerprint density at radius 2 is 1.68 bits per heavy atom. The fourth-order valence-corrected chi connectivity index (χ4v) is 3.70. The molecule has 0 radical (unpaired) electrons. The van der Waals surface area contributed by atoms with Gasteiger partial charge in [-0.3, -0.25) is 9.97 Å². The Labute approximate surface area is 166 Å². The molecule has 0 saturated heterocycles. The van der Waals surface area contributed by atoms with Gasteiger partial charge in [-0.05, 0) is 59.8 Å². The lowest BCUT2D eigenvalue weighted by Gasteiger charge is -2.18. The van der Waals surface area contributed by atoms with Gasteiger partial charge >= 0.3 is 0 Å². The highest BCUT2D eigenvalue weighted by molar-refractivity contribution is 6.16. The van der Waals surface area contributed by atoms with E-state index in [1.54, 1.807) is 18.5 Å². The van der Waals surface area contributed by atoms with Crippen molar-refractivity contribution in [2.75, 3.05) is 0 Å². The van der Waals surface area contributed by atoms with E-state index in [0.29, 0.717) is 11.3 Å². The summed E-state index contributed by atoms with van der Waals surface area (Å²) in [5, 5.41) is 3.02. The summed E-state index contributed by atoms with van der Waals surface area (Å²) in [5.41, 5.74) is 4.09. The minimum absolute atomic E-state index is 0.539. The molecule has 0 aliphatic heterocycles. The lowest BCUT2D eigenvalue weighted by molar-refractivity contribution is 0.411. The number of nitrogens with zero attached hydrogens (tertiary/aromatic N) is 2. The molecule has 3 heteroatoms. The van der Waals surface area contributed by atoms with Crippen LogP contribution < -0.4 is 0 Å². The minimum Gasteiger partial charge on any atom is -0.455 e. The summed E-state index contributed by atoms with van der Waals surface area (Å²) in [7, 11) is 0. The predicted molar refractivity (Wildman–Crippen MR) is 115 cm³/mol. The molecule has 3 aromatic heterocycles. The monoisotopic (exact) mass is 368 g/mol. The quantitative estimate of drug-likeness (QED) is 0.344. The Hall–Kier alpha value is -3.20. The number of benzene rings is 2. The molecular weight excluding hydrogens is 344 g/mol. The highest BCUT2D eigenvalue weighted by atomic mass is 16.3. The first-order valence-corrected chi connectivity index (χ1v) is 9.43. The number of pyridine rings is 2. The number of fused-ring (bicyclic) bond motifs is 5. The molecule has 28 heavy (non-hydrogen) atoms. The van der Waals surface area contributed by atoms with Crippen LogP contribution in [0.4, 0.5) is 0 Å². The third-order valence-electron chi connectivity index (χ3n) is 4.80. The van der Waals surface area contributed by atoms with Gasteiger partial charge in [0.15, 0.2) is 0 Å². The number of hydrogen-bond acceptors (Lipinski definition) is 3. The molecule has 0 atom stereocenters. The van der Waals surface area contributed by atoms with E-state index in [0.717, 1.165) is 38.4 Å². The molecule has 3 nitrogen and oxygen atoms in total. The predicted octanol–water partition coefficient (Wildman–Crippen LogP) is 6.78. The van der Waals surface area contributed by atoms with Crippen LogP contribution in [0.5, 0.6) is 0 Å². The fraction of sp³-hybridized carbons (Fsp3) is 0.200. The van der Waals surface area contributed by atoms with Crippen molar-refractivity contribution in [3.8, 4) is 11.3 Å². The number of rotatable bonds is 2. The van der Waals surface area contributed by atoms with Crippen molar-refractivity contribution in [1.29, 1.82) is 0 Å². The van der Waals surface area contributed by atoms with E-state index in [4.69, 9.17) is 7.16 Å². The van der Waals surface area contributed by atoms with E-state index in [1.807, 2.05) is 69.3 Å². The second kappa shape index (κ2) is 6.16. The van der Waals surface area contributed by atoms with Gasteiger partial charge in [0.05, 0.1) is 11.2 Å². The SMILES string of the molecule is [2H]C([2H])(c1ccnc(-c2cccc3c2oc2c4cccnc4ccc32)c1)C(C)(C)C. The van der Waals surface area contributed by atoms with Crippen molar-refractivity contribution in [3.63, 3.8) is 0 Å². The van der Waals surface area contributed by atoms with Gasteiger partial charge < -0.3 is 4.42 Å². The van der Waals surface area contributed by atoms with Crippen LogP contribution in [0.1, 0.15) is 29.1 Å². The van der Waals surface area contributed by atoms with Crippen molar-refractivity contribution in [1.82, 2.24) is 9.97 Å². The van der Waals surface area contributed by atoms with E-state index in [9.17, 15) is 0 Å². The Kier molecular flexibility index (Phi) is 3.26. The lowest BCUT2D eigenvalue weighted by Crippen LogP contribution is -2.09. The zero-order valence-electron chi connectivity index (χ0n) is 18.2. The topological polar surface area (TPSA) is 38.9 Å². The molecule has 0 saturated carbocycles. The number of hydrogen-bond donors (Lipinski definition) is 0. The maximum Gasteiger partial charge on any atom is 0.144 e. The van der Waals surface area contributed by atoms with Crippen LogP contribution in [0, 0.1) is 5.41 Å². The van der Waals surface area contributed by atoms with E-state index < -0.39 is 11.8 Å². The molecular formula is C25H22N2O. The second-order valence-electron chi connectivity index (χ2n) is 8.10. The van der Waals surface area contributed by atoms with Crippen molar-refractivity contribution in [2.24, 2.45) is 5.41 Å². The van der Waals surface area contributed by atoms with Crippen molar-refractivity contribution >= 4 is 32.8 Å². The average molecular weight is 368 g/mol. The summed E-state index contributed by atoms with van der Waals surface area (Å²) in [4.78, 5) is 8.98. The molecule has 0 aliphatic rings. The maximum atomic E-state index is 8.63. The zero-order valence-corrected chi connectivity index (χ0v) is 16.2. The van der Waals surface area contributed by atoms with Gasteiger partial charge in [0.2, 0.25) is 0 Å². The standard InChI is InChI=1S/C25H22N2O/c1-25(2,3)15-16-11-13-27-22(14-16)20-7-4-6-17-18-9-10-21-19(8-5-12-26-21)24(18)28-23(17)20/h4-14H,15H2,1-3H3/i15D2. The third-order valence-corrected chi connectivity index (χ3v) is 4.80. The highest BCUT2D eigenvalue weighted by Gasteiger charge is 2.16. The number of furan rings is 1. The highest BCUT2D eigenvalue weighted by Crippen LogP contribution is 2.38. The van der Waals surface area contributed by atoms with Crippen LogP contribution in [0.3, 0.4) is 0 Å². The van der Waals surface area contributed by atoms with E-state index >= 15 is 0 Å². The summed E-state index contributed by atoms with van der Waals surface area (Å²) in [6, 6.07) is 17.6. The molecule has 0 N–H and O–H groups in total. The average Bonchev–Trinajstić information content (AvgIpc) is 3.12. The van der Waals surface area contributed by atoms with Gasteiger partial charge in [-0.25, -0.2) is 0 Å². The third kappa shape index (κ3) is 2.84.